The number of nitrogens with zero attached hydrogens (tertiary/aromatic N) is 1. The number of carbonyl (C=O) groups is 1. The smallest absolute Gasteiger partial charge is 0.373 e. The van der Waals surface area contributed by atoms with Crippen LogP contribution in [0.2, 0.25) is 0 Å². The lowest BCUT2D eigenvalue weighted by Crippen LogP contribution is -2.11. The highest BCUT2D eigenvalue weighted by molar-refractivity contribution is 5.85. The Morgan fingerprint density at radius 1 is 1.57 bits per heavy atom. The molecular weight excluding hydrogens is 184 g/mol. The first-order valence-electron chi connectivity index (χ1n) is 4.29. The summed E-state index contributed by atoms with van der Waals surface area (Å²) in [5, 5.41) is 8.79. The molecule has 1 aromatic rings. The largest absolute Gasteiger partial charge is 0.475 e. The van der Waals surface area contributed by atoms with Gasteiger partial charge in [-0.3, -0.25) is 0 Å². The van der Waals surface area contributed by atoms with Crippen molar-refractivity contribution in [3.63, 3.8) is 0 Å². The van der Waals surface area contributed by atoms with Crippen LogP contribution in [0.25, 0.3) is 0 Å². The fourth-order valence-electron chi connectivity index (χ4n) is 0.978. The molecule has 0 radical (unpaired) electrons. The van der Waals surface area contributed by atoms with E-state index in [-0.39, 0.29) is 17.7 Å². The molecule has 5 heteroatoms. The van der Waals surface area contributed by atoms with Gasteiger partial charge >= 0.3 is 5.97 Å². The van der Waals surface area contributed by atoms with Gasteiger partial charge in [-0.1, -0.05) is 20.8 Å². The van der Waals surface area contributed by atoms with E-state index < -0.39 is 5.97 Å². The highest BCUT2D eigenvalue weighted by Gasteiger charge is 2.25. The number of aromatic carboxylic acids is 1. The lowest BCUT2D eigenvalue weighted by atomic mass is 9.97. The maximum absolute atomic E-state index is 10.7. The number of rotatable bonds is 2. The summed E-state index contributed by atoms with van der Waals surface area (Å²) in [4.78, 5) is 14.8. The molecule has 0 bridgehead atoms. The third-order valence-electron chi connectivity index (χ3n) is 1.73. The van der Waals surface area contributed by atoms with Crippen LogP contribution in [-0.2, 0) is 12.0 Å². The van der Waals surface area contributed by atoms with Crippen LogP contribution < -0.4 is 5.73 Å². The Morgan fingerprint density at radius 3 is 2.43 bits per heavy atom. The highest BCUT2D eigenvalue weighted by Crippen LogP contribution is 2.23. The Kier molecular flexibility index (Phi) is 2.62. The lowest BCUT2D eigenvalue weighted by Gasteiger charge is -2.11. The van der Waals surface area contributed by atoms with E-state index in [1.54, 1.807) is 0 Å². The zero-order valence-electron chi connectivity index (χ0n) is 8.50. The van der Waals surface area contributed by atoms with E-state index in [9.17, 15) is 4.79 Å². The molecule has 3 N–H and O–H groups in total. The topological polar surface area (TPSA) is 89.3 Å². The highest BCUT2D eigenvalue weighted by atomic mass is 16.4. The standard InChI is InChI=1S/C9H14N2O3/c1-9(2,3)8-11-5(4-10)6(14-8)7(12)13/h4,10H2,1-3H3,(H,12,13). The van der Waals surface area contributed by atoms with E-state index in [0.717, 1.165) is 0 Å². The first-order chi connectivity index (χ1) is 6.36. The summed E-state index contributed by atoms with van der Waals surface area (Å²) >= 11 is 0. The van der Waals surface area contributed by atoms with Crippen LogP contribution in [-0.4, -0.2) is 16.1 Å². The van der Waals surface area contributed by atoms with Crippen molar-refractivity contribution >= 4 is 5.97 Å². The molecule has 5 nitrogen and oxygen atoms in total. The van der Waals surface area contributed by atoms with Crippen LogP contribution >= 0.6 is 0 Å². The molecule has 0 aliphatic carbocycles. The summed E-state index contributed by atoms with van der Waals surface area (Å²) in [5.74, 6) is -0.888. The Labute approximate surface area is 81.9 Å². The summed E-state index contributed by atoms with van der Waals surface area (Å²) in [6.07, 6.45) is 0. The van der Waals surface area contributed by atoms with Gasteiger partial charge in [0.25, 0.3) is 0 Å². The predicted octanol–water partition coefficient (Wildman–Crippen LogP) is 1.13. The second kappa shape index (κ2) is 3.42. The number of aromatic nitrogens is 1. The molecule has 0 aromatic carbocycles. The van der Waals surface area contributed by atoms with E-state index >= 15 is 0 Å². The maximum Gasteiger partial charge on any atom is 0.373 e. The van der Waals surface area contributed by atoms with Crippen molar-refractivity contribution in [2.75, 3.05) is 0 Å². The zero-order valence-corrected chi connectivity index (χ0v) is 8.50. The van der Waals surface area contributed by atoms with Gasteiger partial charge in [-0.15, -0.1) is 0 Å². The fraction of sp³-hybridized carbons (Fsp3) is 0.556. The second-order valence-electron chi connectivity index (χ2n) is 4.05. The molecule has 0 amide bonds. The molecule has 78 valence electrons. The molecule has 0 aliphatic heterocycles. The van der Waals surface area contributed by atoms with Crippen LogP contribution in [0, 0.1) is 0 Å². The number of carboxylic acid groups (broad SMARTS) is 1. The summed E-state index contributed by atoms with van der Waals surface area (Å²) in [6, 6.07) is 0. The van der Waals surface area contributed by atoms with E-state index in [2.05, 4.69) is 4.98 Å². The molecule has 0 saturated heterocycles. The van der Waals surface area contributed by atoms with Crippen molar-refractivity contribution in [1.82, 2.24) is 4.98 Å². The van der Waals surface area contributed by atoms with E-state index in [0.29, 0.717) is 11.6 Å². The molecule has 0 fully saturated rings. The van der Waals surface area contributed by atoms with E-state index in [1.165, 1.54) is 0 Å². The van der Waals surface area contributed by atoms with Gasteiger partial charge in [0, 0.05) is 12.0 Å². The van der Waals surface area contributed by atoms with Gasteiger partial charge in [0.15, 0.2) is 0 Å². The number of oxazole rings is 1. The average Bonchev–Trinajstić information content (AvgIpc) is 2.45. The van der Waals surface area contributed by atoms with Crippen molar-refractivity contribution < 1.29 is 14.3 Å². The normalized spacial score (nSPS) is 11.7. The molecule has 0 saturated carbocycles. The molecule has 0 unspecified atom stereocenters. The molecule has 14 heavy (non-hydrogen) atoms. The predicted molar refractivity (Wildman–Crippen MR) is 50.1 cm³/mol. The minimum Gasteiger partial charge on any atom is -0.475 e. The molecule has 0 atom stereocenters. The van der Waals surface area contributed by atoms with E-state index in [4.69, 9.17) is 15.3 Å². The van der Waals surface area contributed by atoms with Crippen LogP contribution in [0.15, 0.2) is 4.42 Å². The average molecular weight is 198 g/mol. The van der Waals surface area contributed by atoms with Crippen molar-refractivity contribution in [2.24, 2.45) is 5.73 Å². The SMILES string of the molecule is CC(C)(C)c1nc(CN)c(C(=O)O)o1. The monoisotopic (exact) mass is 198 g/mol. The van der Waals surface area contributed by atoms with Gasteiger partial charge in [-0.05, 0) is 0 Å². The summed E-state index contributed by atoms with van der Waals surface area (Å²) in [5.41, 5.74) is 5.35. The van der Waals surface area contributed by atoms with Crippen molar-refractivity contribution in [1.29, 1.82) is 0 Å². The number of nitrogens with two attached hydrogens (primary N) is 1. The molecule has 1 aromatic heterocycles. The first kappa shape index (κ1) is 10.7. The molecule has 0 aliphatic rings. The van der Waals surface area contributed by atoms with Gasteiger partial charge < -0.3 is 15.3 Å². The van der Waals surface area contributed by atoms with Crippen LogP contribution in [0.1, 0.15) is 42.9 Å². The third kappa shape index (κ3) is 1.93. The molecular formula is C9H14N2O3. The van der Waals surface area contributed by atoms with Crippen molar-refractivity contribution in [2.45, 2.75) is 32.7 Å². The van der Waals surface area contributed by atoms with Crippen LogP contribution in [0.4, 0.5) is 0 Å². The third-order valence-corrected chi connectivity index (χ3v) is 1.73. The quantitative estimate of drug-likeness (QED) is 0.743. The van der Waals surface area contributed by atoms with Crippen molar-refractivity contribution in [3.8, 4) is 0 Å². The Hall–Kier alpha value is -1.36. The minimum absolute atomic E-state index is 0.0706. The van der Waals surface area contributed by atoms with Crippen molar-refractivity contribution in [3.05, 3.63) is 17.3 Å². The van der Waals surface area contributed by atoms with Crippen LogP contribution in [0.5, 0.6) is 0 Å². The summed E-state index contributed by atoms with van der Waals surface area (Å²) in [6.45, 7) is 5.75. The first-order valence-corrected chi connectivity index (χ1v) is 4.29. The molecule has 1 heterocycles. The minimum atomic E-state index is -1.13. The Balaban J connectivity index is 3.20. The van der Waals surface area contributed by atoms with E-state index in [1.807, 2.05) is 20.8 Å². The van der Waals surface area contributed by atoms with Gasteiger partial charge in [-0.2, -0.15) is 0 Å². The second-order valence-corrected chi connectivity index (χ2v) is 4.05. The fourth-order valence-corrected chi connectivity index (χ4v) is 0.978. The van der Waals surface area contributed by atoms with Gasteiger partial charge in [0.05, 0.1) is 0 Å². The number of carboxylic acids is 1. The van der Waals surface area contributed by atoms with Gasteiger partial charge in [0.2, 0.25) is 11.7 Å². The maximum atomic E-state index is 10.7. The van der Waals surface area contributed by atoms with Gasteiger partial charge in [-0.25, -0.2) is 9.78 Å². The van der Waals surface area contributed by atoms with Crippen LogP contribution in [0.3, 0.4) is 0 Å². The lowest BCUT2D eigenvalue weighted by molar-refractivity contribution is 0.0657. The Morgan fingerprint density at radius 2 is 2.14 bits per heavy atom. The zero-order chi connectivity index (χ0) is 10.9. The summed E-state index contributed by atoms with van der Waals surface area (Å²) in [7, 11) is 0. The number of hydrogen-bond donors (Lipinski definition) is 2. The summed E-state index contributed by atoms with van der Waals surface area (Å²) < 4.78 is 5.14. The van der Waals surface area contributed by atoms with Gasteiger partial charge in [0.1, 0.15) is 5.69 Å². The molecule has 1 rings (SSSR count). The Bertz CT molecular complexity index is 349. The number of hydrogen-bond acceptors (Lipinski definition) is 4. The molecule has 0 spiro atoms.